The molecule has 0 radical (unpaired) electrons. The van der Waals surface area contributed by atoms with Gasteiger partial charge in [-0.25, -0.2) is 0 Å². The molecule has 3 aromatic rings. The minimum absolute atomic E-state index is 0.0523. The van der Waals surface area contributed by atoms with Crippen molar-refractivity contribution in [3.63, 3.8) is 0 Å². The van der Waals surface area contributed by atoms with Crippen LogP contribution in [0.5, 0.6) is 5.75 Å². The van der Waals surface area contributed by atoms with E-state index in [1.54, 1.807) is 24.7 Å². The van der Waals surface area contributed by atoms with Crippen LogP contribution < -0.4 is 10.3 Å². The number of aromatic nitrogens is 2. The molecule has 0 fully saturated rings. The van der Waals surface area contributed by atoms with Crippen LogP contribution in [0.2, 0.25) is 0 Å². The zero-order chi connectivity index (χ0) is 19.7. The van der Waals surface area contributed by atoms with Gasteiger partial charge in [0.1, 0.15) is 5.75 Å². The van der Waals surface area contributed by atoms with Crippen molar-refractivity contribution in [1.29, 1.82) is 0 Å². The lowest BCUT2D eigenvalue weighted by molar-refractivity contribution is 0.101. The summed E-state index contributed by atoms with van der Waals surface area (Å²) in [5.74, 6) is 1.10. The van der Waals surface area contributed by atoms with Gasteiger partial charge in [-0.1, -0.05) is 13.8 Å². The molecule has 1 aromatic carbocycles. The zero-order valence-electron chi connectivity index (χ0n) is 16.6. The van der Waals surface area contributed by atoms with Gasteiger partial charge in [-0.3, -0.25) is 14.6 Å². The molecule has 0 aliphatic carbocycles. The van der Waals surface area contributed by atoms with E-state index in [9.17, 15) is 9.59 Å². The molecule has 0 aliphatic heterocycles. The van der Waals surface area contributed by atoms with Crippen LogP contribution in [0.3, 0.4) is 0 Å². The monoisotopic (exact) mass is 366 g/mol. The summed E-state index contributed by atoms with van der Waals surface area (Å²) < 4.78 is 7.55. The van der Waals surface area contributed by atoms with Gasteiger partial charge < -0.3 is 9.30 Å². The molecule has 2 heterocycles. The Balaban J connectivity index is 2.20. The second-order valence-electron chi connectivity index (χ2n) is 7.49. The van der Waals surface area contributed by atoms with E-state index in [0.29, 0.717) is 34.9 Å². The van der Waals surface area contributed by atoms with Crippen LogP contribution >= 0.6 is 0 Å². The fourth-order valence-electron chi connectivity index (χ4n) is 3.47. The van der Waals surface area contributed by atoms with E-state index in [-0.39, 0.29) is 11.3 Å². The predicted octanol–water partition coefficient (Wildman–Crippen LogP) is 4.41. The maximum atomic E-state index is 12.8. The SMILES string of the molecule is CC(=O)c1cc2c3ccnc(C)c3c(=O)n(C)c2cc1OCCCC(C)C. The van der Waals surface area contributed by atoms with Gasteiger partial charge in [-0.2, -0.15) is 0 Å². The lowest BCUT2D eigenvalue weighted by Crippen LogP contribution is -2.19. The average Bonchev–Trinajstić information content (AvgIpc) is 2.62. The molecule has 0 saturated heterocycles. The Kier molecular flexibility index (Phi) is 5.31. The summed E-state index contributed by atoms with van der Waals surface area (Å²) in [5.41, 5.74) is 1.89. The van der Waals surface area contributed by atoms with Gasteiger partial charge in [-0.15, -0.1) is 0 Å². The Hall–Kier alpha value is -2.69. The number of ether oxygens (including phenoxy) is 1. The first kappa shape index (κ1) is 19.1. The van der Waals surface area contributed by atoms with Crippen molar-refractivity contribution < 1.29 is 9.53 Å². The molecule has 0 aliphatic rings. The Morgan fingerprint density at radius 1 is 1.26 bits per heavy atom. The number of carbonyl (C=O) groups is 1. The standard InChI is InChI=1S/C22H26N2O3/c1-13(2)7-6-10-27-20-12-19-18(11-17(20)15(4)25)16-8-9-23-14(3)21(16)22(26)24(19)5/h8-9,11-13H,6-7,10H2,1-5H3. The number of fused-ring (bicyclic) bond motifs is 3. The quantitative estimate of drug-likeness (QED) is 0.368. The van der Waals surface area contributed by atoms with Crippen molar-refractivity contribution in [1.82, 2.24) is 9.55 Å². The molecule has 0 amide bonds. The summed E-state index contributed by atoms with van der Waals surface area (Å²) in [4.78, 5) is 29.3. The molecule has 0 N–H and O–H groups in total. The zero-order valence-corrected chi connectivity index (χ0v) is 16.6. The van der Waals surface area contributed by atoms with Crippen LogP contribution in [0, 0.1) is 12.8 Å². The molecule has 5 heteroatoms. The molecule has 0 atom stereocenters. The van der Waals surface area contributed by atoms with E-state index in [4.69, 9.17) is 4.74 Å². The van der Waals surface area contributed by atoms with Gasteiger partial charge in [0.2, 0.25) is 0 Å². The summed E-state index contributed by atoms with van der Waals surface area (Å²) in [5, 5.41) is 2.26. The van der Waals surface area contributed by atoms with Gasteiger partial charge in [0, 0.05) is 24.7 Å². The summed E-state index contributed by atoms with van der Waals surface area (Å²) in [6.07, 6.45) is 3.69. The van der Waals surface area contributed by atoms with Gasteiger partial charge in [0.15, 0.2) is 5.78 Å². The number of hydrogen-bond donors (Lipinski definition) is 0. The summed E-state index contributed by atoms with van der Waals surface area (Å²) in [7, 11) is 1.74. The molecule has 0 saturated carbocycles. The summed E-state index contributed by atoms with van der Waals surface area (Å²) in [6.45, 7) is 8.27. The first-order valence-electron chi connectivity index (χ1n) is 9.37. The molecule has 3 rings (SSSR count). The Morgan fingerprint density at radius 3 is 2.67 bits per heavy atom. The van der Waals surface area contributed by atoms with Crippen LogP contribution in [0.25, 0.3) is 21.7 Å². The Morgan fingerprint density at radius 2 is 2.00 bits per heavy atom. The normalized spacial score (nSPS) is 11.5. The molecular formula is C22H26N2O3. The molecule has 2 aromatic heterocycles. The second kappa shape index (κ2) is 7.51. The molecule has 0 unspecified atom stereocenters. The number of aryl methyl sites for hydroxylation is 2. The number of hydrogen-bond acceptors (Lipinski definition) is 4. The van der Waals surface area contributed by atoms with Crippen molar-refractivity contribution in [2.24, 2.45) is 13.0 Å². The van der Waals surface area contributed by atoms with Crippen molar-refractivity contribution in [2.45, 2.75) is 40.5 Å². The Bertz CT molecular complexity index is 1080. The maximum absolute atomic E-state index is 12.8. The maximum Gasteiger partial charge on any atom is 0.260 e. The predicted molar refractivity (Wildman–Crippen MR) is 109 cm³/mol. The molecule has 27 heavy (non-hydrogen) atoms. The van der Waals surface area contributed by atoms with Crippen LogP contribution in [-0.2, 0) is 7.05 Å². The first-order valence-corrected chi connectivity index (χ1v) is 9.37. The van der Waals surface area contributed by atoms with E-state index in [0.717, 1.165) is 29.1 Å². The van der Waals surface area contributed by atoms with Crippen LogP contribution in [0.4, 0.5) is 0 Å². The highest BCUT2D eigenvalue weighted by Crippen LogP contribution is 2.30. The topological polar surface area (TPSA) is 61.2 Å². The number of rotatable bonds is 6. The minimum Gasteiger partial charge on any atom is -0.493 e. The van der Waals surface area contributed by atoms with Crippen LogP contribution in [0.1, 0.15) is 49.7 Å². The third-order valence-corrected chi connectivity index (χ3v) is 4.97. The minimum atomic E-state index is -0.0931. The van der Waals surface area contributed by atoms with Crippen molar-refractivity contribution in [3.8, 4) is 5.75 Å². The first-order chi connectivity index (χ1) is 12.8. The lowest BCUT2D eigenvalue weighted by Gasteiger charge is -2.15. The van der Waals surface area contributed by atoms with Crippen LogP contribution in [0.15, 0.2) is 29.2 Å². The smallest absolute Gasteiger partial charge is 0.260 e. The van der Waals surface area contributed by atoms with Crippen molar-refractivity contribution in [2.75, 3.05) is 6.61 Å². The number of nitrogens with zero attached hydrogens (tertiary/aromatic N) is 2. The molecule has 142 valence electrons. The highest BCUT2D eigenvalue weighted by atomic mass is 16.5. The number of ketones is 1. The lowest BCUT2D eigenvalue weighted by atomic mass is 10.0. The van der Waals surface area contributed by atoms with E-state index in [1.165, 1.54) is 0 Å². The van der Waals surface area contributed by atoms with E-state index in [2.05, 4.69) is 18.8 Å². The summed E-state index contributed by atoms with van der Waals surface area (Å²) in [6, 6.07) is 5.49. The highest BCUT2D eigenvalue weighted by molar-refractivity contribution is 6.10. The van der Waals surface area contributed by atoms with Gasteiger partial charge in [0.25, 0.3) is 5.56 Å². The largest absolute Gasteiger partial charge is 0.493 e. The van der Waals surface area contributed by atoms with Gasteiger partial charge >= 0.3 is 0 Å². The van der Waals surface area contributed by atoms with Crippen LogP contribution in [-0.4, -0.2) is 21.9 Å². The molecule has 0 bridgehead atoms. The van der Waals surface area contributed by atoms with Gasteiger partial charge in [-0.05, 0) is 50.1 Å². The number of benzene rings is 1. The molecule has 0 spiro atoms. The molecular weight excluding hydrogens is 340 g/mol. The highest BCUT2D eigenvalue weighted by Gasteiger charge is 2.17. The van der Waals surface area contributed by atoms with E-state index >= 15 is 0 Å². The summed E-state index contributed by atoms with van der Waals surface area (Å²) >= 11 is 0. The van der Waals surface area contributed by atoms with Gasteiger partial charge in [0.05, 0.1) is 28.8 Å². The number of pyridine rings is 2. The van der Waals surface area contributed by atoms with Crippen molar-refractivity contribution in [3.05, 3.63) is 46.0 Å². The third-order valence-electron chi connectivity index (χ3n) is 4.97. The second-order valence-corrected chi connectivity index (χ2v) is 7.49. The third kappa shape index (κ3) is 3.59. The fourth-order valence-corrected chi connectivity index (χ4v) is 3.47. The van der Waals surface area contributed by atoms with E-state index < -0.39 is 0 Å². The fraction of sp³-hybridized carbons (Fsp3) is 0.409. The Labute approximate surface area is 159 Å². The van der Waals surface area contributed by atoms with Crippen molar-refractivity contribution >= 4 is 27.5 Å². The average molecular weight is 366 g/mol. The molecule has 5 nitrogen and oxygen atoms in total. The van der Waals surface area contributed by atoms with E-state index in [1.807, 2.05) is 25.1 Å². The number of carbonyl (C=O) groups excluding carboxylic acids is 1. The number of Topliss-reactive ketones (excluding diaryl/α,β-unsaturated/α-hetero) is 1.